The molecule has 0 aliphatic rings. The van der Waals surface area contributed by atoms with E-state index in [-0.39, 0.29) is 0 Å². The van der Waals surface area contributed by atoms with Crippen LogP contribution in [0.3, 0.4) is 0 Å². The van der Waals surface area contributed by atoms with Crippen molar-refractivity contribution < 1.29 is 2.74 Å². The molecule has 0 radical (unpaired) electrons. The molecule has 2 aromatic carbocycles. The van der Waals surface area contributed by atoms with E-state index in [9.17, 15) is 0 Å². The van der Waals surface area contributed by atoms with Gasteiger partial charge in [-0.2, -0.15) is 0 Å². The Balaban J connectivity index is 2.29. The monoisotopic (exact) mass is 360 g/mol. The number of aromatic nitrogens is 2. The summed E-state index contributed by atoms with van der Waals surface area (Å²) < 4.78 is 17.5. The summed E-state index contributed by atoms with van der Waals surface area (Å²) >= 11 is 0. The third-order valence-electron chi connectivity index (χ3n) is 4.68. The SMILES string of the molecule is [2H]C([2H])(CCC)c1nc(-c2ccc(C)cc2)nc(-c2ccc(C)cc2)c1CCC. The molecule has 0 saturated heterocycles. The van der Waals surface area contributed by atoms with Gasteiger partial charge in [0.15, 0.2) is 5.82 Å². The van der Waals surface area contributed by atoms with Gasteiger partial charge in [-0.1, -0.05) is 86.3 Å². The molecule has 0 aliphatic heterocycles. The summed E-state index contributed by atoms with van der Waals surface area (Å²) in [6.07, 6.45) is 1.40. The van der Waals surface area contributed by atoms with Gasteiger partial charge in [0.25, 0.3) is 0 Å². The standard InChI is InChI=1S/C25H30N2/c1-5-7-9-23-22(8-6-2)24(20-14-10-18(3)11-15-20)27-25(26-23)21-16-12-19(4)13-17-21/h10-17H,5-9H2,1-4H3/i9D2. The summed E-state index contributed by atoms with van der Waals surface area (Å²) in [5.74, 6) is 0.593. The predicted octanol–water partition coefficient (Wildman–Crippen LogP) is 6.72. The molecule has 1 heterocycles. The molecular weight excluding hydrogens is 328 g/mol. The Labute approximate surface area is 166 Å². The van der Waals surface area contributed by atoms with E-state index in [0.29, 0.717) is 17.9 Å². The van der Waals surface area contributed by atoms with Gasteiger partial charge in [-0.15, -0.1) is 0 Å². The van der Waals surface area contributed by atoms with Crippen molar-refractivity contribution in [1.82, 2.24) is 9.97 Å². The van der Waals surface area contributed by atoms with Gasteiger partial charge in [0.05, 0.1) is 5.69 Å². The average Bonchev–Trinajstić information content (AvgIpc) is 2.69. The van der Waals surface area contributed by atoms with Gasteiger partial charge in [-0.25, -0.2) is 9.97 Å². The Hall–Kier alpha value is -2.48. The zero-order valence-electron chi connectivity index (χ0n) is 18.8. The molecule has 0 bridgehead atoms. The van der Waals surface area contributed by atoms with E-state index >= 15 is 0 Å². The first-order chi connectivity index (χ1) is 13.9. The van der Waals surface area contributed by atoms with E-state index < -0.39 is 6.37 Å². The van der Waals surface area contributed by atoms with Crippen LogP contribution in [0.2, 0.25) is 0 Å². The van der Waals surface area contributed by atoms with Crippen LogP contribution in [0.1, 0.15) is 58.2 Å². The molecule has 0 amide bonds. The van der Waals surface area contributed by atoms with Gasteiger partial charge >= 0.3 is 0 Å². The Bertz CT molecular complexity index is 961. The highest BCUT2D eigenvalue weighted by Crippen LogP contribution is 2.29. The molecule has 0 spiro atoms. The molecule has 3 aromatic rings. The largest absolute Gasteiger partial charge is 0.233 e. The summed E-state index contributed by atoms with van der Waals surface area (Å²) in [5, 5.41) is 0. The minimum absolute atomic E-state index is 0.446. The maximum Gasteiger partial charge on any atom is 0.160 e. The van der Waals surface area contributed by atoms with Gasteiger partial charge in [-0.05, 0) is 33.1 Å². The third-order valence-corrected chi connectivity index (χ3v) is 4.68. The minimum atomic E-state index is -1.49. The fourth-order valence-electron chi connectivity index (χ4n) is 3.14. The molecule has 1 aromatic heterocycles. The molecule has 2 heteroatoms. The van der Waals surface area contributed by atoms with Crippen molar-refractivity contribution in [3.05, 3.63) is 70.9 Å². The zero-order valence-corrected chi connectivity index (χ0v) is 16.8. The zero-order chi connectivity index (χ0) is 21.0. The molecule has 0 saturated carbocycles. The van der Waals surface area contributed by atoms with Crippen molar-refractivity contribution in [3.63, 3.8) is 0 Å². The van der Waals surface area contributed by atoms with Crippen LogP contribution in [0.5, 0.6) is 0 Å². The van der Waals surface area contributed by atoms with Crippen LogP contribution in [-0.2, 0) is 12.8 Å². The maximum atomic E-state index is 8.75. The van der Waals surface area contributed by atoms with Gasteiger partial charge in [0, 0.05) is 25.1 Å². The maximum absolute atomic E-state index is 8.75. The lowest BCUT2D eigenvalue weighted by molar-refractivity contribution is 0.755. The molecule has 27 heavy (non-hydrogen) atoms. The van der Waals surface area contributed by atoms with Crippen LogP contribution in [0, 0.1) is 13.8 Å². The lowest BCUT2D eigenvalue weighted by atomic mass is 9.97. The molecular formula is C25H30N2. The molecule has 0 N–H and O–H groups in total. The minimum Gasteiger partial charge on any atom is -0.233 e. The molecule has 2 nitrogen and oxygen atoms in total. The molecule has 0 atom stereocenters. The Kier molecular flexibility index (Phi) is 5.52. The summed E-state index contributed by atoms with van der Waals surface area (Å²) in [6, 6.07) is 16.4. The predicted molar refractivity (Wildman–Crippen MR) is 115 cm³/mol. The fraction of sp³-hybridized carbons (Fsp3) is 0.360. The number of nitrogens with zero attached hydrogens (tertiary/aromatic N) is 2. The molecule has 0 fully saturated rings. The van der Waals surface area contributed by atoms with Crippen molar-refractivity contribution in [1.29, 1.82) is 0 Å². The lowest BCUT2D eigenvalue weighted by Crippen LogP contribution is -2.06. The quantitative estimate of drug-likeness (QED) is 0.467. The average molecular weight is 361 g/mol. The second-order valence-electron chi connectivity index (χ2n) is 7.13. The Morgan fingerprint density at radius 2 is 1.37 bits per heavy atom. The van der Waals surface area contributed by atoms with Crippen molar-refractivity contribution in [2.75, 3.05) is 0 Å². The van der Waals surface area contributed by atoms with Crippen LogP contribution in [-0.4, -0.2) is 9.97 Å². The summed E-state index contributed by atoms with van der Waals surface area (Å²) in [6.45, 7) is 8.25. The van der Waals surface area contributed by atoms with Crippen molar-refractivity contribution in [2.45, 2.75) is 59.8 Å². The third kappa shape index (κ3) is 4.63. The van der Waals surface area contributed by atoms with Crippen LogP contribution in [0.4, 0.5) is 0 Å². The summed E-state index contributed by atoms with van der Waals surface area (Å²) in [4.78, 5) is 9.75. The first-order valence-electron chi connectivity index (χ1n) is 10.9. The van der Waals surface area contributed by atoms with E-state index in [0.717, 1.165) is 41.6 Å². The molecule has 3 rings (SSSR count). The second kappa shape index (κ2) is 8.94. The fourth-order valence-corrected chi connectivity index (χ4v) is 3.14. The number of hydrogen-bond acceptors (Lipinski definition) is 2. The first kappa shape index (κ1) is 16.7. The van der Waals surface area contributed by atoms with Crippen LogP contribution >= 0.6 is 0 Å². The molecule has 0 unspecified atom stereocenters. The Morgan fingerprint density at radius 3 is 1.93 bits per heavy atom. The number of benzene rings is 2. The highest BCUT2D eigenvalue weighted by molar-refractivity contribution is 5.68. The number of rotatable bonds is 7. The van der Waals surface area contributed by atoms with E-state index in [1.807, 2.05) is 31.2 Å². The molecule has 140 valence electrons. The van der Waals surface area contributed by atoms with Gasteiger partial charge in [-0.3, -0.25) is 0 Å². The van der Waals surface area contributed by atoms with Gasteiger partial charge in [0.2, 0.25) is 0 Å². The lowest BCUT2D eigenvalue weighted by Gasteiger charge is -2.16. The van der Waals surface area contributed by atoms with Crippen molar-refractivity contribution in [2.24, 2.45) is 0 Å². The number of aryl methyl sites for hydroxylation is 3. The van der Waals surface area contributed by atoms with Crippen LogP contribution < -0.4 is 0 Å². The number of hydrogen-bond donors (Lipinski definition) is 0. The smallest absolute Gasteiger partial charge is 0.160 e. The summed E-state index contributed by atoms with van der Waals surface area (Å²) in [5.41, 5.74) is 6.64. The molecule has 0 aliphatic carbocycles. The van der Waals surface area contributed by atoms with Gasteiger partial charge in [0.1, 0.15) is 0 Å². The topological polar surface area (TPSA) is 25.8 Å². The van der Waals surface area contributed by atoms with Crippen molar-refractivity contribution in [3.8, 4) is 22.6 Å². The Morgan fingerprint density at radius 1 is 0.778 bits per heavy atom. The first-order valence-corrected chi connectivity index (χ1v) is 9.91. The van der Waals surface area contributed by atoms with E-state index in [1.54, 1.807) is 0 Å². The van der Waals surface area contributed by atoms with Gasteiger partial charge < -0.3 is 0 Å². The van der Waals surface area contributed by atoms with Crippen molar-refractivity contribution >= 4 is 0 Å². The van der Waals surface area contributed by atoms with Crippen LogP contribution in [0.15, 0.2) is 48.5 Å². The van der Waals surface area contributed by atoms with E-state index in [2.05, 4.69) is 45.0 Å². The summed E-state index contributed by atoms with van der Waals surface area (Å²) in [7, 11) is 0. The highest BCUT2D eigenvalue weighted by atomic mass is 14.9. The van der Waals surface area contributed by atoms with E-state index in [4.69, 9.17) is 12.7 Å². The van der Waals surface area contributed by atoms with E-state index in [1.165, 1.54) is 11.1 Å². The van der Waals surface area contributed by atoms with Crippen LogP contribution in [0.25, 0.3) is 22.6 Å². The normalized spacial score (nSPS) is 12.6. The second-order valence-corrected chi connectivity index (χ2v) is 7.13. The highest BCUT2D eigenvalue weighted by Gasteiger charge is 2.16.